The first-order valence-corrected chi connectivity index (χ1v) is 11.2. The third-order valence-electron chi connectivity index (χ3n) is 5.49. The van der Waals surface area contributed by atoms with Gasteiger partial charge in [-0.15, -0.1) is 5.10 Å². The van der Waals surface area contributed by atoms with Crippen molar-refractivity contribution in [2.24, 2.45) is 18.9 Å². The number of carbonyl (C=O) groups is 1. The van der Waals surface area contributed by atoms with Crippen LogP contribution in [0.15, 0.2) is 23.6 Å². The molecule has 2 aliphatic heterocycles. The van der Waals surface area contributed by atoms with E-state index in [4.69, 9.17) is 4.74 Å². The molecule has 10 nitrogen and oxygen atoms in total. The summed E-state index contributed by atoms with van der Waals surface area (Å²) in [7, 11) is -2.01. The molecule has 3 aliphatic rings. The van der Waals surface area contributed by atoms with Gasteiger partial charge in [-0.25, -0.2) is 13.4 Å². The highest BCUT2D eigenvalue weighted by Gasteiger charge is 2.49. The van der Waals surface area contributed by atoms with Crippen LogP contribution < -0.4 is 10.1 Å². The maximum absolute atomic E-state index is 13.1. The largest absolute Gasteiger partial charge is 0.474 e. The zero-order chi connectivity index (χ0) is 20.8. The van der Waals surface area contributed by atoms with E-state index in [9.17, 15) is 13.2 Å². The Morgan fingerprint density at radius 3 is 2.83 bits per heavy atom. The molecule has 3 atom stereocenters. The number of imidazole rings is 1. The average Bonchev–Trinajstić information content (AvgIpc) is 3.30. The molecule has 2 aromatic heterocycles. The number of rotatable bonds is 6. The second kappa shape index (κ2) is 7.45. The summed E-state index contributed by atoms with van der Waals surface area (Å²) in [6.07, 6.45) is 5.20. The summed E-state index contributed by atoms with van der Waals surface area (Å²) < 4.78 is 34.8. The SMILES string of the molecule is CC(C)Oc1cc(NC(=O)[C@@H]2C[C@H]3CC[C@H]2N(S(=O)(=O)c2cn(C)cn2)C3)[nH]n1. The molecule has 1 saturated carbocycles. The lowest BCUT2D eigenvalue weighted by atomic mass is 9.73. The van der Waals surface area contributed by atoms with Gasteiger partial charge in [-0.3, -0.25) is 9.89 Å². The second-order valence-corrected chi connectivity index (χ2v) is 9.92. The molecule has 29 heavy (non-hydrogen) atoms. The fourth-order valence-electron chi connectivity index (χ4n) is 4.24. The van der Waals surface area contributed by atoms with Crippen LogP contribution >= 0.6 is 0 Å². The van der Waals surface area contributed by atoms with Crippen LogP contribution in [0.1, 0.15) is 33.1 Å². The number of aromatic nitrogens is 4. The second-order valence-electron chi connectivity index (χ2n) is 8.08. The van der Waals surface area contributed by atoms with Gasteiger partial charge in [0, 0.05) is 31.9 Å². The zero-order valence-corrected chi connectivity index (χ0v) is 17.5. The van der Waals surface area contributed by atoms with E-state index in [2.05, 4.69) is 20.5 Å². The van der Waals surface area contributed by atoms with Crippen LogP contribution in [0, 0.1) is 11.8 Å². The summed E-state index contributed by atoms with van der Waals surface area (Å²) in [6, 6.07) is 1.25. The highest BCUT2D eigenvalue weighted by atomic mass is 32.2. The Balaban J connectivity index is 1.51. The first-order chi connectivity index (χ1) is 13.7. The van der Waals surface area contributed by atoms with Crippen LogP contribution in [-0.4, -0.2) is 57.1 Å². The normalized spacial score (nSPS) is 24.8. The maximum atomic E-state index is 13.1. The fraction of sp³-hybridized carbons (Fsp3) is 0.611. The number of amides is 1. The van der Waals surface area contributed by atoms with Gasteiger partial charge in [-0.1, -0.05) is 0 Å². The van der Waals surface area contributed by atoms with Crippen LogP contribution in [0.5, 0.6) is 5.88 Å². The number of anilines is 1. The van der Waals surface area contributed by atoms with Crippen LogP contribution in [0.25, 0.3) is 0 Å². The summed E-state index contributed by atoms with van der Waals surface area (Å²) in [5.41, 5.74) is 0. The first-order valence-electron chi connectivity index (χ1n) is 9.77. The number of carbonyl (C=O) groups excluding carboxylic acids is 1. The van der Waals surface area contributed by atoms with Gasteiger partial charge in [0.05, 0.1) is 18.3 Å². The molecule has 158 valence electrons. The van der Waals surface area contributed by atoms with Gasteiger partial charge in [0.15, 0.2) is 5.03 Å². The van der Waals surface area contributed by atoms with E-state index in [-0.39, 0.29) is 29.0 Å². The number of piperidine rings is 2. The number of sulfonamides is 1. The van der Waals surface area contributed by atoms with Crippen molar-refractivity contribution in [3.8, 4) is 5.88 Å². The van der Waals surface area contributed by atoms with Crippen LogP contribution in [0.3, 0.4) is 0 Å². The number of fused-ring (bicyclic) bond motifs is 3. The number of nitrogens with one attached hydrogen (secondary N) is 2. The fourth-order valence-corrected chi connectivity index (χ4v) is 5.97. The maximum Gasteiger partial charge on any atom is 0.262 e. The number of hydrogen-bond donors (Lipinski definition) is 2. The van der Waals surface area contributed by atoms with Crippen molar-refractivity contribution in [2.45, 2.75) is 50.3 Å². The Labute approximate surface area is 169 Å². The Morgan fingerprint density at radius 1 is 1.38 bits per heavy atom. The van der Waals surface area contributed by atoms with Crippen molar-refractivity contribution in [3.63, 3.8) is 0 Å². The van der Waals surface area contributed by atoms with Crippen LogP contribution in [-0.2, 0) is 21.9 Å². The third-order valence-corrected chi connectivity index (χ3v) is 7.27. The smallest absolute Gasteiger partial charge is 0.262 e. The number of hydrogen-bond acceptors (Lipinski definition) is 6. The molecular formula is C18H26N6O4S. The quantitative estimate of drug-likeness (QED) is 0.725. The molecule has 2 aromatic rings. The van der Waals surface area contributed by atoms with E-state index >= 15 is 0 Å². The summed E-state index contributed by atoms with van der Waals surface area (Å²) in [4.78, 5) is 17.0. The highest BCUT2D eigenvalue weighted by Crippen LogP contribution is 2.42. The molecule has 1 amide bonds. The van der Waals surface area contributed by atoms with E-state index in [0.29, 0.717) is 31.1 Å². The van der Waals surface area contributed by atoms with Gasteiger partial charge in [-0.2, -0.15) is 4.31 Å². The lowest BCUT2D eigenvalue weighted by Crippen LogP contribution is -2.57. The third kappa shape index (κ3) is 3.88. The Bertz CT molecular complexity index is 998. The average molecular weight is 423 g/mol. The Morgan fingerprint density at radius 2 is 2.17 bits per heavy atom. The molecule has 3 fully saturated rings. The predicted molar refractivity (Wildman–Crippen MR) is 105 cm³/mol. The van der Waals surface area contributed by atoms with Gasteiger partial charge < -0.3 is 14.6 Å². The standard InChI is InChI=1S/C18H26N6O4S/c1-11(2)28-16-7-15(21-22-16)20-18(25)13-6-12-4-5-14(13)24(8-12)29(26,27)17-9-23(3)10-19-17/h7,9-14H,4-6,8H2,1-3H3,(H2,20,21,22,25)/t12-,13-,14-/m1/s1. The van der Waals surface area contributed by atoms with Gasteiger partial charge in [0.2, 0.25) is 11.8 Å². The first kappa shape index (κ1) is 19.9. The van der Waals surface area contributed by atoms with Gasteiger partial charge in [-0.05, 0) is 39.0 Å². The molecule has 1 aliphatic carbocycles. The van der Waals surface area contributed by atoms with Crippen molar-refractivity contribution in [3.05, 3.63) is 18.6 Å². The van der Waals surface area contributed by atoms with Crippen molar-refractivity contribution >= 4 is 21.7 Å². The van der Waals surface area contributed by atoms with Crippen molar-refractivity contribution in [1.29, 1.82) is 0 Å². The predicted octanol–water partition coefficient (Wildman–Crippen LogP) is 1.36. The zero-order valence-electron chi connectivity index (χ0n) is 16.7. The number of aromatic amines is 1. The van der Waals surface area contributed by atoms with E-state index in [1.807, 2.05) is 13.8 Å². The lowest BCUT2D eigenvalue weighted by molar-refractivity contribution is -0.125. The molecule has 2 saturated heterocycles. The molecule has 5 rings (SSSR count). The molecule has 2 N–H and O–H groups in total. The monoisotopic (exact) mass is 422 g/mol. The molecule has 0 aromatic carbocycles. The van der Waals surface area contributed by atoms with Crippen LogP contribution in [0.4, 0.5) is 5.82 Å². The number of aryl methyl sites for hydroxylation is 1. The van der Waals surface area contributed by atoms with Gasteiger partial charge in [0.25, 0.3) is 10.0 Å². The number of nitrogens with zero attached hydrogens (tertiary/aromatic N) is 4. The Kier molecular flexibility index (Phi) is 5.11. The van der Waals surface area contributed by atoms with Crippen LogP contribution in [0.2, 0.25) is 0 Å². The molecule has 0 unspecified atom stereocenters. The summed E-state index contributed by atoms with van der Waals surface area (Å²) in [6.45, 7) is 4.22. The molecule has 0 spiro atoms. The summed E-state index contributed by atoms with van der Waals surface area (Å²) in [5, 5.41) is 9.62. The van der Waals surface area contributed by atoms with E-state index in [0.717, 1.165) is 6.42 Å². The van der Waals surface area contributed by atoms with Crippen molar-refractivity contribution in [2.75, 3.05) is 11.9 Å². The summed E-state index contributed by atoms with van der Waals surface area (Å²) in [5.74, 6) is 0.376. The van der Waals surface area contributed by atoms with E-state index in [1.165, 1.54) is 16.8 Å². The van der Waals surface area contributed by atoms with E-state index in [1.54, 1.807) is 17.7 Å². The lowest BCUT2D eigenvalue weighted by Gasteiger charge is -2.47. The van der Waals surface area contributed by atoms with E-state index < -0.39 is 15.9 Å². The number of H-pyrrole nitrogens is 1. The molecular weight excluding hydrogens is 396 g/mol. The topological polar surface area (TPSA) is 122 Å². The highest BCUT2D eigenvalue weighted by molar-refractivity contribution is 7.89. The van der Waals surface area contributed by atoms with Crippen molar-refractivity contribution in [1.82, 2.24) is 24.1 Å². The van der Waals surface area contributed by atoms with Gasteiger partial charge >= 0.3 is 0 Å². The van der Waals surface area contributed by atoms with Gasteiger partial charge in [0.1, 0.15) is 5.82 Å². The Hall–Kier alpha value is -2.40. The number of ether oxygens (including phenoxy) is 1. The molecule has 11 heteroatoms. The minimum Gasteiger partial charge on any atom is -0.474 e. The minimum atomic E-state index is -3.74. The molecule has 4 heterocycles. The summed E-state index contributed by atoms with van der Waals surface area (Å²) >= 11 is 0. The molecule has 0 radical (unpaired) electrons. The minimum absolute atomic E-state index is 0.0238. The molecule has 2 bridgehead atoms. The van der Waals surface area contributed by atoms with Crippen molar-refractivity contribution < 1.29 is 17.9 Å².